The summed E-state index contributed by atoms with van der Waals surface area (Å²) in [6.45, 7) is 1.01. The van der Waals surface area contributed by atoms with E-state index in [1.54, 1.807) is 18.2 Å². The van der Waals surface area contributed by atoms with Gasteiger partial charge in [-0.2, -0.15) is 0 Å². The first-order valence-corrected chi connectivity index (χ1v) is 11.1. The van der Waals surface area contributed by atoms with Crippen molar-refractivity contribution in [3.05, 3.63) is 87.8 Å². The Kier molecular flexibility index (Phi) is 5.49. The molecule has 6 nitrogen and oxygen atoms in total. The number of hydrogen-bond donors (Lipinski definition) is 1. The highest BCUT2D eigenvalue weighted by molar-refractivity contribution is 6.30. The molecule has 1 atom stereocenters. The monoisotopic (exact) mass is 466 g/mol. The van der Waals surface area contributed by atoms with Crippen molar-refractivity contribution in [3.63, 3.8) is 0 Å². The number of carbonyl (C=O) groups is 1. The first-order chi connectivity index (χ1) is 15.5. The lowest BCUT2D eigenvalue weighted by atomic mass is 9.87. The van der Waals surface area contributed by atoms with Gasteiger partial charge in [0.25, 0.3) is 0 Å². The van der Waals surface area contributed by atoms with Gasteiger partial charge in [0.05, 0.1) is 12.2 Å². The highest BCUT2D eigenvalue weighted by Crippen LogP contribution is 2.40. The van der Waals surface area contributed by atoms with Crippen LogP contribution in [0.2, 0.25) is 10.2 Å². The van der Waals surface area contributed by atoms with Crippen molar-refractivity contribution in [1.29, 1.82) is 0 Å². The van der Waals surface area contributed by atoms with Crippen LogP contribution in [0.1, 0.15) is 29.2 Å². The Hall–Kier alpha value is -3.09. The van der Waals surface area contributed by atoms with E-state index in [1.807, 2.05) is 39.9 Å². The normalized spacial score (nSPS) is 15.7. The fraction of sp³-hybridized carbons (Fsp3) is 0.208. The maximum Gasteiger partial charge on any atom is 0.225 e. The van der Waals surface area contributed by atoms with E-state index in [2.05, 4.69) is 16.0 Å². The van der Waals surface area contributed by atoms with Gasteiger partial charge in [-0.25, -0.2) is 9.97 Å². The van der Waals surface area contributed by atoms with E-state index < -0.39 is 6.04 Å². The van der Waals surface area contributed by atoms with Gasteiger partial charge in [-0.3, -0.25) is 4.79 Å². The molecular weight excluding hydrogens is 447 g/mol. The van der Waals surface area contributed by atoms with Crippen molar-refractivity contribution >= 4 is 40.3 Å². The number of phenols is 1. The summed E-state index contributed by atoms with van der Waals surface area (Å²) in [4.78, 5) is 23.8. The van der Waals surface area contributed by atoms with E-state index in [-0.39, 0.29) is 18.1 Å². The molecule has 0 fully saturated rings. The third kappa shape index (κ3) is 3.80. The largest absolute Gasteiger partial charge is 0.508 e. The van der Waals surface area contributed by atoms with Crippen LogP contribution in [0.5, 0.6) is 5.75 Å². The molecule has 1 aliphatic heterocycles. The number of fused-ring (bicyclic) bond motifs is 2. The molecule has 1 aliphatic rings. The third-order valence-electron chi connectivity index (χ3n) is 5.89. The highest BCUT2D eigenvalue weighted by Gasteiger charge is 2.33. The lowest BCUT2D eigenvalue weighted by Crippen LogP contribution is -2.41. The Balaban J connectivity index is 1.46. The second kappa shape index (κ2) is 8.45. The Morgan fingerprint density at radius 1 is 1.12 bits per heavy atom. The summed E-state index contributed by atoms with van der Waals surface area (Å²) in [7, 11) is 0. The zero-order chi connectivity index (χ0) is 22.2. The van der Waals surface area contributed by atoms with Gasteiger partial charge in [0.1, 0.15) is 16.4 Å². The smallest absolute Gasteiger partial charge is 0.225 e. The number of aryl methyl sites for hydroxylation is 1. The van der Waals surface area contributed by atoms with Gasteiger partial charge in [0.2, 0.25) is 5.91 Å². The topological polar surface area (TPSA) is 71.2 Å². The molecule has 3 heterocycles. The van der Waals surface area contributed by atoms with Crippen molar-refractivity contribution in [2.75, 3.05) is 6.54 Å². The van der Waals surface area contributed by atoms with Crippen LogP contribution in [0.25, 0.3) is 11.2 Å². The molecule has 0 radical (unpaired) electrons. The number of aromatic hydroxyl groups is 1. The summed E-state index contributed by atoms with van der Waals surface area (Å²) in [5.74, 6) is 0.107. The maximum absolute atomic E-state index is 13.4. The van der Waals surface area contributed by atoms with Gasteiger partial charge >= 0.3 is 0 Å². The summed E-state index contributed by atoms with van der Waals surface area (Å²) in [5.41, 5.74) is 4.19. The second-order valence-corrected chi connectivity index (χ2v) is 8.63. The van der Waals surface area contributed by atoms with Gasteiger partial charge in [-0.1, -0.05) is 47.5 Å². The van der Waals surface area contributed by atoms with Gasteiger partial charge in [0.15, 0.2) is 5.65 Å². The fourth-order valence-electron chi connectivity index (χ4n) is 4.38. The van der Waals surface area contributed by atoms with E-state index in [0.717, 1.165) is 17.5 Å². The molecule has 0 saturated heterocycles. The van der Waals surface area contributed by atoms with Crippen LogP contribution >= 0.6 is 23.2 Å². The van der Waals surface area contributed by atoms with Gasteiger partial charge in [-0.05, 0) is 41.8 Å². The molecule has 1 amide bonds. The SMILES string of the molecule is O=C(CCn1ccc2ncc(Cl)nc21)N1CCc2ccccc2C1c1cc(Cl)ccc1O. The van der Waals surface area contributed by atoms with Crippen molar-refractivity contribution in [1.82, 2.24) is 19.4 Å². The fourth-order valence-corrected chi connectivity index (χ4v) is 4.69. The Morgan fingerprint density at radius 2 is 1.97 bits per heavy atom. The predicted octanol–water partition coefficient (Wildman–Crippen LogP) is 5.01. The van der Waals surface area contributed by atoms with Crippen molar-refractivity contribution in [2.45, 2.75) is 25.4 Å². The molecule has 162 valence electrons. The number of benzene rings is 2. The van der Waals surface area contributed by atoms with Crippen LogP contribution in [-0.2, 0) is 17.8 Å². The minimum Gasteiger partial charge on any atom is -0.508 e. The number of halogens is 2. The zero-order valence-corrected chi connectivity index (χ0v) is 18.6. The van der Waals surface area contributed by atoms with Crippen LogP contribution in [0.4, 0.5) is 0 Å². The summed E-state index contributed by atoms with van der Waals surface area (Å²) >= 11 is 12.2. The molecule has 32 heavy (non-hydrogen) atoms. The van der Waals surface area contributed by atoms with Crippen LogP contribution < -0.4 is 0 Å². The Labute approximate surface area is 195 Å². The Bertz CT molecular complexity index is 1320. The highest BCUT2D eigenvalue weighted by atomic mass is 35.5. The molecule has 1 unspecified atom stereocenters. The Morgan fingerprint density at radius 3 is 2.84 bits per heavy atom. The predicted molar refractivity (Wildman–Crippen MR) is 124 cm³/mol. The van der Waals surface area contributed by atoms with Gasteiger partial charge < -0.3 is 14.6 Å². The molecule has 4 aromatic rings. The number of hydrogen-bond acceptors (Lipinski definition) is 4. The summed E-state index contributed by atoms with van der Waals surface area (Å²) in [6.07, 6.45) is 4.40. The van der Waals surface area contributed by atoms with Crippen LogP contribution in [0.3, 0.4) is 0 Å². The maximum atomic E-state index is 13.4. The van der Waals surface area contributed by atoms with E-state index in [0.29, 0.717) is 34.5 Å². The average Bonchev–Trinajstić information content (AvgIpc) is 3.20. The lowest BCUT2D eigenvalue weighted by Gasteiger charge is -2.38. The van der Waals surface area contributed by atoms with E-state index in [9.17, 15) is 9.90 Å². The number of nitrogens with zero attached hydrogens (tertiary/aromatic N) is 4. The van der Waals surface area contributed by atoms with E-state index in [1.165, 1.54) is 11.8 Å². The number of rotatable bonds is 4. The molecular formula is C24H20Cl2N4O2. The summed E-state index contributed by atoms with van der Waals surface area (Å²) < 4.78 is 1.88. The summed E-state index contributed by atoms with van der Waals surface area (Å²) in [6, 6.07) is 14.4. The lowest BCUT2D eigenvalue weighted by molar-refractivity contribution is -0.133. The van der Waals surface area contributed by atoms with Crippen LogP contribution in [-0.4, -0.2) is 37.0 Å². The zero-order valence-electron chi connectivity index (χ0n) is 17.1. The van der Waals surface area contributed by atoms with Gasteiger partial charge in [0, 0.05) is 36.3 Å². The molecule has 2 aromatic carbocycles. The quantitative estimate of drug-likeness (QED) is 0.458. The average molecular weight is 467 g/mol. The van der Waals surface area contributed by atoms with Crippen molar-refractivity contribution < 1.29 is 9.90 Å². The third-order valence-corrected chi connectivity index (χ3v) is 6.31. The van der Waals surface area contributed by atoms with Crippen molar-refractivity contribution in [2.24, 2.45) is 0 Å². The number of carbonyl (C=O) groups excluding carboxylic acids is 1. The van der Waals surface area contributed by atoms with Crippen LogP contribution in [0.15, 0.2) is 60.9 Å². The molecule has 0 bridgehead atoms. The second-order valence-electron chi connectivity index (χ2n) is 7.80. The number of phenolic OH excluding ortho intramolecular Hbond substituents is 1. The first-order valence-electron chi connectivity index (χ1n) is 10.3. The molecule has 2 aromatic heterocycles. The van der Waals surface area contributed by atoms with E-state index in [4.69, 9.17) is 23.2 Å². The van der Waals surface area contributed by atoms with E-state index >= 15 is 0 Å². The standard InChI is InChI=1S/C24H20Cl2N4O2/c25-16-5-6-20(31)18(13-16)23-17-4-2-1-3-15(17)7-12-30(23)22(32)9-11-29-10-8-19-24(29)28-21(26)14-27-19/h1-6,8,10,13-14,23,31H,7,9,11-12H2. The molecule has 0 spiro atoms. The summed E-state index contributed by atoms with van der Waals surface area (Å²) in [5, 5.41) is 11.4. The minimum absolute atomic E-state index is 0.0132. The molecule has 8 heteroatoms. The minimum atomic E-state index is -0.401. The molecule has 1 N–H and O–H groups in total. The number of amides is 1. The first kappa shape index (κ1) is 20.8. The molecule has 0 aliphatic carbocycles. The molecule has 5 rings (SSSR count). The van der Waals surface area contributed by atoms with Gasteiger partial charge in [-0.15, -0.1) is 0 Å². The molecule has 0 saturated carbocycles. The number of aromatic nitrogens is 3. The van der Waals surface area contributed by atoms with Crippen molar-refractivity contribution in [3.8, 4) is 5.75 Å². The van der Waals surface area contributed by atoms with Crippen LogP contribution in [0, 0.1) is 0 Å².